The van der Waals surface area contributed by atoms with Crippen molar-refractivity contribution >= 4 is 17.1 Å². The normalized spacial score (nSPS) is 13.5. The number of nitrogens with two attached hydrogens (primary N) is 1. The first-order valence-corrected chi connectivity index (χ1v) is 10.9. The fourth-order valence-electron chi connectivity index (χ4n) is 3.91. The first-order valence-electron chi connectivity index (χ1n) is 10.9. The summed E-state index contributed by atoms with van der Waals surface area (Å²) >= 11 is 0. The lowest BCUT2D eigenvalue weighted by Gasteiger charge is -2.18. The predicted molar refractivity (Wildman–Crippen MR) is 122 cm³/mol. The van der Waals surface area contributed by atoms with Gasteiger partial charge in [0.25, 0.3) is 0 Å². The maximum Gasteiger partial charge on any atom is 0.573 e. The van der Waals surface area contributed by atoms with E-state index in [1.807, 2.05) is 6.07 Å². The molecule has 2 heterocycles. The highest BCUT2D eigenvalue weighted by Crippen LogP contribution is 2.27. The standard InChI is InChI=1S/C25H23F3N4O3/c26-25(27,28)35-19-10-8-16(9-11-19)15-32-22(31-20-7-4-12-30-24(20)32)14-18(23(29)34)13-21(33)17-5-2-1-3-6-17/h1-12,18,21,33H,13-15H2,(H2,29,34)/t18?,21-/m1/s1. The van der Waals surface area contributed by atoms with Crippen LogP contribution in [0.3, 0.4) is 0 Å². The highest BCUT2D eigenvalue weighted by Gasteiger charge is 2.31. The molecular weight excluding hydrogens is 461 g/mol. The predicted octanol–water partition coefficient (Wildman–Crippen LogP) is 4.15. The smallest absolute Gasteiger partial charge is 0.406 e. The second-order valence-corrected chi connectivity index (χ2v) is 8.12. The SMILES string of the molecule is NC(=O)C(Cc1nc2cccnc2n1Cc1ccc(OC(F)(F)F)cc1)C[C@@H](O)c1ccccc1. The van der Waals surface area contributed by atoms with Gasteiger partial charge in [-0.2, -0.15) is 0 Å². The number of hydrogen-bond donors (Lipinski definition) is 2. The van der Waals surface area contributed by atoms with Crippen LogP contribution in [0.5, 0.6) is 5.75 Å². The molecule has 0 aliphatic heterocycles. The number of primary amides is 1. The van der Waals surface area contributed by atoms with E-state index < -0.39 is 24.3 Å². The first-order chi connectivity index (χ1) is 16.7. The summed E-state index contributed by atoms with van der Waals surface area (Å²) in [6.45, 7) is 0.252. The van der Waals surface area contributed by atoms with Crippen LogP contribution in [0, 0.1) is 5.92 Å². The fourth-order valence-corrected chi connectivity index (χ4v) is 3.91. The number of benzene rings is 2. The van der Waals surface area contributed by atoms with Crippen LogP contribution < -0.4 is 10.5 Å². The van der Waals surface area contributed by atoms with Crippen molar-refractivity contribution in [2.75, 3.05) is 0 Å². The number of aliphatic hydroxyl groups excluding tert-OH is 1. The Morgan fingerprint density at radius 1 is 1.06 bits per heavy atom. The average molecular weight is 484 g/mol. The van der Waals surface area contributed by atoms with Crippen molar-refractivity contribution < 1.29 is 27.8 Å². The van der Waals surface area contributed by atoms with Gasteiger partial charge in [-0.1, -0.05) is 42.5 Å². The molecule has 35 heavy (non-hydrogen) atoms. The molecule has 0 radical (unpaired) electrons. The summed E-state index contributed by atoms with van der Waals surface area (Å²) in [5, 5.41) is 10.6. The summed E-state index contributed by atoms with van der Waals surface area (Å²) in [4.78, 5) is 21.3. The number of aliphatic hydroxyl groups is 1. The quantitative estimate of drug-likeness (QED) is 0.372. The minimum Gasteiger partial charge on any atom is -0.406 e. The fraction of sp³-hybridized carbons (Fsp3) is 0.240. The number of pyridine rings is 1. The van der Waals surface area contributed by atoms with E-state index >= 15 is 0 Å². The molecule has 4 aromatic rings. The maximum atomic E-state index is 12.5. The van der Waals surface area contributed by atoms with Crippen LogP contribution in [0.4, 0.5) is 13.2 Å². The Hall–Kier alpha value is -3.92. The van der Waals surface area contributed by atoms with Crippen LogP contribution >= 0.6 is 0 Å². The molecule has 10 heteroatoms. The molecule has 0 saturated heterocycles. The minimum absolute atomic E-state index is 0.111. The molecule has 2 aromatic carbocycles. The second kappa shape index (κ2) is 10.1. The first kappa shape index (κ1) is 24.2. The van der Waals surface area contributed by atoms with Gasteiger partial charge in [-0.25, -0.2) is 9.97 Å². The van der Waals surface area contributed by atoms with Crippen molar-refractivity contribution in [3.63, 3.8) is 0 Å². The topological polar surface area (TPSA) is 103 Å². The van der Waals surface area contributed by atoms with E-state index in [4.69, 9.17) is 5.73 Å². The number of carbonyl (C=O) groups is 1. The molecule has 0 aliphatic rings. The lowest BCUT2D eigenvalue weighted by molar-refractivity contribution is -0.274. The largest absolute Gasteiger partial charge is 0.573 e. The van der Waals surface area contributed by atoms with Crippen molar-refractivity contribution in [1.82, 2.24) is 14.5 Å². The van der Waals surface area contributed by atoms with E-state index in [1.54, 1.807) is 47.2 Å². The zero-order valence-electron chi connectivity index (χ0n) is 18.5. The lowest BCUT2D eigenvalue weighted by Crippen LogP contribution is -2.28. The third-order valence-corrected chi connectivity index (χ3v) is 5.60. The Morgan fingerprint density at radius 2 is 1.77 bits per heavy atom. The summed E-state index contributed by atoms with van der Waals surface area (Å²) in [5.41, 5.74) is 8.19. The van der Waals surface area contributed by atoms with Crippen molar-refractivity contribution in [3.8, 4) is 5.75 Å². The zero-order valence-corrected chi connectivity index (χ0v) is 18.5. The van der Waals surface area contributed by atoms with E-state index in [-0.39, 0.29) is 25.1 Å². The number of ether oxygens (including phenoxy) is 1. The third-order valence-electron chi connectivity index (χ3n) is 5.60. The van der Waals surface area contributed by atoms with Crippen molar-refractivity contribution in [2.45, 2.75) is 31.9 Å². The van der Waals surface area contributed by atoms with Gasteiger partial charge in [0.2, 0.25) is 5.91 Å². The van der Waals surface area contributed by atoms with E-state index in [0.29, 0.717) is 28.1 Å². The summed E-state index contributed by atoms with van der Waals surface area (Å²) in [5.74, 6) is -1.07. The van der Waals surface area contributed by atoms with E-state index in [1.165, 1.54) is 24.3 Å². The van der Waals surface area contributed by atoms with Crippen LogP contribution in [0.25, 0.3) is 11.2 Å². The number of aromatic nitrogens is 3. The second-order valence-electron chi connectivity index (χ2n) is 8.12. The number of nitrogens with zero attached hydrogens (tertiary/aromatic N) is 3. The van der Waals surface area contributed by atoms with Gasteiger partial charge < -0.3 is 20.1 Å². The molecule has 4 rings (SSSR count). The van der Waals surface area contributed by atoms with Gasteiger partial charge in [-0.05, 0) is 41.8 Å². The number of alkyl halides is 3. The molecule has 0 aliphatic carbocycles. The molecular formula is C25H23F3N4O3. The van der Waals surface area contributed by atoms with E-state index in [2.05, 4.69) is 14.7 Å². The summed E-state index contributed by atoms with van der Waals surface area (Å²) in [7, 11) is 0. The summed E-state index contributed by atoms with van der Waals surface area (Å²) < 4.78 is 43.1. The summed E-state index contributed by atoms with van der Waals surface area (Å²) in [6, 6.07) is 18.0. The molecule has 1 amide bonds. The average Bonchev–Trinajstić information content (AvgIpc) is 3.16. The monoisotopic (exact) mass is 484 g/mol. The molecule has 7 nitrogen and oxygen atoms in total. The number of amides is 1. The molecule has 1 unspecified atom stereocenters. The van der Waals surface area contributed by atoms with Crippen molar-refractivity contribution in [2.24, 2.45) is 11.7 Å². The van der Waals surface area contributed by atoms with E-state index in [0.717, 1.165) is 0 Å². The number of fused-ring (bicyclic) bond motifs is 1. The number of halogens is 3. The van der Waals surface area contributed by atoms with Gasteiger partial charge in [-0.3, -0.25) is 4.79 Å². The van der Waals surface area contributed by atoms with E-state index in [9.17, 15) is 23.1 Å². The van der Waals surface area contributed by atoms with Crippen molar-refractivity contribution in [1.29, 1.82) is 0 Å². The maximum absolute atomic E-state index is 12.5. The van der Waals surface area contributed by atoms with Crippen LogP contribution in [-0.2, 0) is 17.8 Å². The molecule has 182 valence electrons. The number of rotatable bonds is 9. The highest BCUT2D eigenvalue weighted by atomic mass is 19.4. The number of hydrogen-bond acceptors (Lipinski definition) is 5. The molecule has 0 saturated carbocycles. The molecule has 0 bridgehead atoms. The van der Waals surface area contributed by atoms with Gasteiger partial charge in [-0.15, -0.1) is 13.2 Å². The van der Waals surface area contributed by atoms with Gasteiger partial charge in [0.1, 0.15) is 17.1 Å². The van der Waals surface area contributed by atoms with Gasteiger partial charge in [0.05, 0.1) is 12.6 Å². The van der Waals surface area contributed by atoms with Crippen LogP contribution in [0.2, 0.25) is 0 Å². The molecule has 0 spiro atoms. The van der Waals surface area contributed by atoms with Gasteiger partial charge >= 0.3 is 6.36 Å². The van der Waals surface area contributed by atoms with Crippen molar-refractivity contribution in [3.05, 3.63) is 89.9 Å². The molecule has 2 aromatic heterocycles. The van der Waals surface area contributed by atoms with Crippen LogP contribution in [-0.4, -0.2) is 31.9 Å². The lowest BCUT2D eigenvalue weighted by atomic mass is 9.93. The number of imidazole rings is 1. The Kier molecular flexibility index (Phi) is 7.02. The Balaban J connectivity index is 1.59. The minimum atomic E-state index is -4.77. The van der Waals surface area contributed by atoms with Crippen LogP contribution in [0.1, 0.15) is 29.5 Å². The third kappa shape index (κ3) is 6.15. The molecule has 3 N–H and O–H groups in total. The summed E-state index contributed by atoms with van der Waals surface area (Å²) in [6.07, 6.45) is -3.78. The Bertz CT molecular complexity index is 1290. The number of carbonyl (C=O) groups excluding carboxylic acids is 1. The zero-order chi connectivity index (χ0) is 25.0. The Morgan fingerprint density at radius 3 is 2.43 bits per heavy atom. The van der Waals surface area contributed by atoms with Gasteiger partial charge in [0.15, 0.2) is 5.65 Å². The highest BCUT2D eigenvalue weighted by molar-refractivity contribution is 5.77. The Labute approximate surface area is 199 Å². The van der Waals surface area contributed by atoms with Crippen LogP contribution in [0.15, 0.2) is 72.9 Å². The molecule has 0 fully saturated rings. The molecule has 2 atom stereocenters. The van der Waals surface area contributed by atoms with Gasteiger partial charge in [0, 0.05) is 18.5 Å².